The summed E-state index contributed by atoms with van der Waals surface area (Å²) in [5.74, 6) is 0.690. The number of carbonyl (C=O) groups is 1. The molecule has 1 fully saturated rings. The van der Waals surface area contributed by atoms with Crippen molar-refractivity contribution in [2.75, 3.05) is 11.9 Å². The lowest BCUT2D eigenvalue weighted by molar-refractivity contribution is 0.150. The first-order chi connectivity index (χ1) is 10.6. The lowest BCUT2D eigenvalue weighted by atomic mass is 9.94. The van der Waals surface area contributed by atoms with Crippen LogP contribution in [0.4, 0.5) is 10.5 Å². The predicted molar refractivity (Wildman–Crippen MR) is 87.1 cm³/mol. The average molecular weight is 298 g/mol. The lowest BCUT2D eigenvalue weighted by Gasteiger charge is -2.36. The fraction of sp³-hybridized carbons (Fsp3) is 0.412. The monoisotopic (exact) mass is 298 g/mol. The summed E-state index contributed by atoms with van der Waals surface area (Å²) in [6.07, 6.45) is 5.73. The molecule has 2 atom stereocenters. The van der Waals surface area contributed by atoms with Crippen LogP contribution in [0.2, 0.25) is 0 Å². The summed E-state index contributed by atoms with van der Waals surface area (Å²) in [5.41, 5.74) is 1.65. The normalized spacial score (nSPS) is 21.6. The highest BCUT2D eigenvalue weighted by atomic mass is 16.2. The first-order valence-corrected chi connectivity index (χ1v) is 7.82. The molecule has 22 heavy (non-hydrogen) atoms. The molecule has 1 aliphatic rings. The van der Waals surface area contributed by atoms with E-state index in [9.17, 15) is 4.79 Å². The zero-order valence-corrected chi connectivity index (χ0v) is 13.1. The van der Waals surface area contributed by atoms with Gasteiger partial charge < -0.3 is 10.2 Å². The Morgan fingerprint density at radius 2 is 2.09 bits per heavy atom. The fourth-order valence-corrected chi connectivity index (χ4v) is 3.09. The summed E-state index contributed by atoms with van der Waals surface area (Å²) in [4.78, 5) is 14.5. The Morgan fingerprint density at radius 1 is 1.27 bits per heavy atom. The van der Waals surface area contributed by atoms with Crippen molar-refractivity contribution in [3.63, 3.8) is 0 Å². The largest absolute Gasteiger partial charge is 0.322 e. The second kappa shape index (κ2) is 6.22. The van der Waals surface area contributed by atoms with Gasteiger partial charge in [0.15, 0.2) is 0 Å². The summed E-state index contributed by atoms with van der Waals surface area (Å²) < 4.78 is 1.76. The zero-order valence-electron chi connectivity index (χ0n) is 13.1. The molecule has 2 unspecified atom stereocenters. The van der Waals surface area contributed by atoms with Crippen LogP contribution in [0.25, 0.3) is 5.69 Å². The van der Waals surface area contributed by atoms with E-state index in [2.05, 4.69) is 24.3 Å². The molecule has 2 amide bonds. The Bertz CT molecular complexity index is 638. The van der Waals surface area contributed by atoms with E-state index >= 15 is 0 Å². The topological polar surface area (TPSA) is 50.2 Å². The van der Waals surface area contributed by atoms with Crippen molar-refractivity contribution in [1.82, 2.24) is 14.7 Å². The van der Waals surface area contributed by atoms with Crippen LogP contribution < -0.4 is 5.32 Å². The molecule has 1 aromatic carbocycles. The van der Waals surface area contributed by atoms with Gasteiger partial charge in [0.2, 0.25) is 0 Å². The van der Waals surface area contributed by atoms with E-state index in [1.807, 2.05) is 41.4 Å². The Labute approximate surface area is 130 Å². The molecule has 5 nitrogen and oxygen atoms in total. The van der Waals surface area contributed by atoms with Crippen molar-refractivity contribution in [2.24, 2.45) is 5.92 Å². The number of benzene rings is 1. The highest BCUT2D eigenvalue weighted by Crippen LogP contribution is 2.24. The molecular formula is C17H22N4O. The number of piperidine rings is 1. The molecule has 2 heterocycles. The van der Waals surface area contributed by atoms with E-state index in [1.165, 1.54) is 0 Å². The molecule has 1 saturated heterocycles. The number of hydrogen-bond acceptors (Lipinski definition) is 2. The Balaban J connectivity index is 1.77. The van der Waals surface area contributed by atoms with Gasteiger partial charge >= 0.3 is 6.03 Å². The summed E-state index contributed by atoms with van der Waals surface area (Å²) in [7, 11) is 0. The average Bonchev–Trinajstić information content (AvgIpc) is 3.01. The van der Waals surface area contributed by atoms with Gasteiger partial charge in [0, 0.05) is 25.0 Å². The van der Waals surface area contributed by atoms with Crippen LogP contribution in [0.15, 0.2) is 42.7 Å². The van der Waals surface area contributed by atoms with Crippen molar-refractivity contribution in [2.45, 2.75) is 32.7 Å². The number of urea groups is 1. The number of amides is 2. The number of nitrogens with zero attached hydrogens (tertiary/aromatic N) is 3. The van der Waals surface area contributed by atoms with Gasteiger partial charge in [-0.2, -0.15) is 5.10 Å². The molecule has 1 N–H and O–H groups in total. The number of likely N-dealkylation sites (tertiary alicyclic amines) is 1. The van der Waals surface area contributed by atoms with E-state index in [-0.39, 0.29) is 12.1 Å². The van der Waals surface area contributed by atoms with E-state index < -0.39 is 0 Å². The molecule has 0 aliphatic carbocycles. The first kappa shape index (κ1) is 14.6. The zero-order chi connectivity index (χ0) is 15.5. The maximum absolute atomic E-state index is 12.6. The molecule has 0 saturated carbocycles. The number of nitrogens with one attached hydrogen (secondary N) is 1. The number of rotatable bonds is 2. The third kappa shape index (κ3) is 2.98. The number of para-hydroxylation sites is 2. The Kier molecular flexibility index (Phi) is 4.13. The van der Waals surface area contributed by atoms with E-state index in [4.69, 9.17) is 0 Å². The number of anilines is 1. The van der Waals surface area contributed by atoms with Crippen LogP contribution in [0, 0.1) is 5.92 Å². The van der Waals surface area contributed by atoms with Gasteiger partial charge in [-0.25, -0.2) is 9.48 Å². The predicted octanol–water partition coefficient (Wildman–Crippen LogP) is 3.52. The molecule has 5 heteroatoms. The van der Waals surface area contributed by atoms with Crippen LogP contribution in [-0.2, 0) is 0 Å². The van der Waals surface area contributed by atoms with Crippen molar-refractivity contribution >= 4 is 11.7 Å². The van der Waals surface area contributed by atoms with Gasteiger partial charge in [0.25, 0.3) is 0 Å². The highest BCUT2D eigenvalue weighted by Gasteiger charge is 2.27. The van der Waals surface area contributed by atoms with Gasteiger partial charge in [0.1, 0.15) is 0 Å². The van der Waals surface area contributed by atoms with E-state index in [0.717, 1.165) is 30.8 Å². The van der Waals surface area contributed by atoms with Crippen molar-refractivity contribution < 1.29 is 4.79 Å². The summed E-state index contributed by atoms with van der Waals surface area (Å²) in [6.45, 7) is 5.19. The van der Waals surface area contributed by atoms with E-state index in [1.54, 1.807) is 10.9 Å². The smallest absolute Gasteiger partial charge is 0.322 e. The second-order valence-electron chi connectivity index (χ2n) is 6.07. The minimum atomic E-state index is -0.0287. The Hall–Kier alpha value is -2.30. The van der Waals surface area contributed by atoms with Crippen molar-refractivity contribution in [3.8, 4) is 5.69 Å². The SMILES string of the molecule is CC1CCN(C(=O)Nc2ccccc2-n2cccn2)C(C)C1. The van der Waals surface area contributed by atoms with Gasteiger partial charge in [-0.05, 0) is 43.9 Å². The minimum Gasteiger partial charge on any atom is -0.322 e. The molecule has 2 aromatic rings. The van der Waals surface area contributed by atoms with Crippen LogP contribution in [0.5, 0.6) is 0 Å². The third-order valence-electron chi connectivity index (χ3n) is 4.30. The standard InChI is InChI=1S/C17H22N4O/c1-13-8-11-20(14(2)12-13)17(22)19-15-6-3-4-7-16(15)21-10-5-9-18-21/h3-7,9-10,13-14H,8,11-12H2,1-2H3,(H,19,22). The molecular weight excluding hydrogens is 276 g/mol. The number of carbonyl (C=O) groups excluding carboxylic acids is 1. The molecule has 0 radical (unpaired) electrons. The first-order valence-electron chi connectivity index (χ1n) is 7.82. The Morgan fingerprint density at radius 3 is 2.82 bits per heavy atom. The summed E-state index contributed by atoms with van der Waals surface area (Å²) in [5, 5.41) is 7.28. The minimum absolute atomic E-state index is 0.0287. The highest BCUT2D eigenvalue weighted by molar-refractivity contribution is 5.91. The lowest BCUT2D eigenvalue weighted by Crippen LogP contribution is -2.46. The van der Waals surface area contributed by atoms with Crippen LogP contribution in [0.3, 0.4) is 0 Å². The van der Waals surface area contributed by atoms with Crippen LogP contribution in [0.1, 0.15) is 26.7 Å². The van der Waals surface area contributed by atoms with E-state index in [0.29, 0.717) is 5.92 Å². The van der Waals surface area contributed by atoms with Crippen molar-refractivity contribution in [3.05, 3.63) is 42.7 Å². The molecule has 116 valence electrons. The molecule has 1 aliphatic heterocycles. The number of hydrogen-bond donors (Lipinski definition) is 1. The van der Waals surface area contributed by atoms with Gasteiger partial charge in [-0.3, -0.25) is 0 Å². The second-order valence-corrected chi connectivity index (χ2v) is 6.07. The molecule has 1 aromatic heterocycles. The quantitative estimate of drug-likeness (QED) is 0.922. The van der Waals surface area contributed by atoms with Gasteiger partial charge in [0.05, 0.1) is 11.4 Å². The van der Waals surface area contributed by atoms with Crippen LogP contribution >= 0.6 is 0 Å². The summed E-state index contributed by atoms with van der Waals surface area (Å²) in [6, 6.07) is 9.84. The molecule has 3 rings (SSSR count). The van der Waals surface area contributed by atoms with Gasteiger partial charge in [-0.1, -0.05) is 19.1 Å². The van der Waals surface area contributed by atoms with Crippen LogP contribution in [-0.4, -0.2) is 33.3 Å². The third-order valence-corrected chi connectivity index (χ3v) is 4.30. The summed E-state index contributed by atoms with van der Waals surface area (Å²) >= 11 is 0. The van der Waals surface area contributed by atoms with Gasteiger partial charge in [-0.15, -0.1) is 0 Å². The molecule has 0 bridgehead atoms. The molecule has 0 spiro atoms. The maximum Gasteiger partial charge on any atom is 0.322 e. The maximum atomic E-state index is 12.6. The fourth-order valence-electron chi connectivity index (χ4n) is 3.09. The number of aromatic nitrogens is 2. The van der Waals surface area contributed by atoms with Crippen molar-refractivity contribution in [1.29, 1.82) is 0 Å².